The number of hydrogen-bond donors (Lipinski definition) is 1. The Labute approximate surface area is 188 Å². The summed E-state index contributed by atoms with van der Waals surface area (Å²) in [6, 6.07) is 24.0. The van der Waals surface area contributed by atoms with Crippen LogP contribution in [-0.4, -0.2) is 40.6 Å². The lowest BCUT2D eigenvalue weighted by atomic mass is 10.3. The number of carbonyl (C=O) groups is 1. The van der Waals surface area contributed by atoms with Crippen molar-refractivity contribution in [3.05, 3.63) is 84.9 Å². The molecule has 0 unspecified atom stereocenters. The number of amides is 1. The summed E-state index contributed by atoms with van der Waals surface area (Å²) in [5.74, 6) is 0.628. The van der Waals surface area contributed by atoms with Crippen LogP contribution in [0.15, 0.2) is 89.8 Å². The van der Waals surface area contributed by atoms with E-state index in [2.05, 4.69) is 5.32 Å². The summed E-state index contributed by atoms with van der Waals surface area (Å²) in [7, 11) is -4.00. The zero-order chi connectivity index (χ0) is 22.8. The summed E-state index contributed by atoms with van der Waals surface area (Å²) < 4.78 is 39.1. The highest BCUT2D eigenvalue weighted by atomic mass is 32.2. The molecule has 0 saturated heterocycles. The molecule has 7 nitrogen and oxygen atoms in total. The zero-order valence-corrected chi connectivity index (χ0v) is 18.6. The van der Waals surface area contributed by atoms with E-state index in [9.17, 15) is 13.2 Å². The molecule has 3 rings (SSSR count). The summed E-state index contributed by atoms with van der Waals surface area (Å²) in [6.45, 7) is 2.27. The van der Waals surface area contributed by atoms with Crippen molar-refractivity contribution >= 4 is 21.6 Å². The Morgan fingerprint density at radius 2 is 1.50 bits per heavy atom. The van der Waals surface area contributed by atoms with Gasteiger partial charge in [0.15, 0.2) is 0 Å². The molecule has 0 aliphatic carbocycles. The number of rotatable bonds is 11. The van der Waals surface area contributed by atoms with Gasteiger partial charge in [0.1, 0.15) is 24.7 Å². The number of hydrogen-bond acceptors (Lipinski definition) is 5. The first-order chi connectivity index (χ1) is 15.5. The van der Waals surface area contributed by atoms with E-state index in [1.54, 1.807) is 42.5 Å². The highest BCUT2D eigenvalue weighted by Crippen LogP contribution is 2.32. The molecule has 0 spiro atoms. The molecule has 0 bridgehead atoms. The second kappa shape index (κ2) is 11.2. The maximum Gasteiger partial charge on any atom is 0.264 e. The second-order valence-electron chi connectivity index (χ2n) is 6.74. The van der Waals surface area contributed by atoms with Crippen molar-refractivity contribution < 1.29 is 22.7 Å². The van der Waals surface area contributed by atoms with Gasteiger partial charge in [-0.15, -0.1) is 0 Å². The summed E-state index contributed by atoms with van der Waals surface area (Å²) in [6.07, 6.45) is 0. The maximum absolute atomic E-state index is 13.4. The monoisotopic (exact) mass is 454 g/mol. The summed E-state index contributed by atoms with van der Waals surface area (Å²) in [5.41, 5.74) is 0.300. The summed E-state index contributed by atoms with van der Waals surface area (Å²) in [5, 5.41) is 2.72. The van der Waals surface area contributed by atoms with E-state index in [4.69, 9.17) is 9.47 Å². The number of para-hydroxylation sites is 3. The fourth-order valence-corrected chi connectivity index (χ4v) is 4.48. The predicted octanol–water partition coefficient (Wildman–Crippen LogP) is 3.48. The Hall–Kier alpha value is -3.52. The van der Waals surface area contributed by atoms with Gasteiger partial charge in [0.25, 0.3) is 10.0 Å². The van der Waals surface area contributed by atoms with Crippen LogP contribution < -0.4 is 19.1 Å². The Morgan fingerprint density at radius 3 is 2.19 bits per heavy atom. The molecule has 0 aliphatic heterocycles. The third-order valence-corrected chi connectivity index (χ3v) is 6.26. The summed E-state index contributed by atoms with van der Waals surface area (Å²) in [4.78, 5) is 12.8. The van der Waals surface area contributed by atoms with E-state index in [-0.39, 0.29) is 18.0 Å². The number of carbonyl (C=O) groups excluding carboxylic acids is 1. The van der Waals surface area contributed by atoms with Gasteiger partial charge in [-0.2, -0.15) is 0 Å². The van der Waals surface area contributed by atoms with Crippen LogP contribution >= 0.6 is 0 Å². The van der Waals surface area contributed by atoms with E-state index >= 15 is 0 Å². The predicted molar refractivity (Wildman–Crippen MR) is 124 cm³/mol. The highest BCUT2D eigenvalue weighted by molar-refractivity contribution is 7.92. The third-order valence-electron chi connectivity index (χ3n) is 4.49. The van der Waals surface area contributed by atoms with Gasteiger partial charge < -0.3 is 14.8 Å². The average molecular weight is 455 g/mol. The van der Waals surface area contributed by atoms with Gasteiger partial charge in [-0.1, -0.05) is 48.5 Å². The number of benzene rings is 3. The molecule has 0 radical (unpaired) electrons. The van der Waals surface area contributed by atoms with E-state index in [0.717, 1.165) is 4.31 Å². The number of sulfonamides is 1. The lowest BCUT2D eigenvalue weighted by molar-refractivity contribution is -0.119. The lowest BCUT2D eigenvalue weighted by Crippen LogP contribution is -2.42. The standard InChI is InChI=1S/C24H26N2O5S/c1-2-30-23-16-10-9-15-22(23)26(32(28,29)21-13-7-4-8-14-21)19-24(27)25-17-18-31-20-11-5-3-6-12-20/h3-16H,2,17-19H2,1H3,(H,25,27). The second-order valence-corrected chi connectivity index (χ2v) is 8.60. The molecule has 0 aromatic heterocycles. The van der Waals surface area contributed by atoms with Gasteiger partial charge in [-0.05, 0) is 43.3 Å². The Kier molecular flexibility index (Phi) is 8.10. The van der Waals surface area contributed by atoms with Crippen molar-refractivity contribution in [2.45, 2.75) is 11.8 Å². The van der Waals surface area contributed by atoms with Gasteiger partial charge in [0, 0.05) is 0 Å². The molecule has 1 amide bonds. The minimum absolute atomic E-state index is 0.0894. The van der Waals surface area contributed by atoms with E-state index in [0.29, 0.717) is 23.8 Å². The van der Waals surface area contributed by atoms with Crippen LogP contribution in [-0.2, 0) is 14.8 Å². The van der Waals surface area contributed by atoms with Gasteiger partial charge in [-0.3, -0.25) is 9.10 Å². The molecule has 3 aromatic rings. The van der Waals surface area contributed by atoms with E-state index < -0.39 is 22.5 Å². The average Bonchev–Trinajstić information content (AvgIpc) is 2.82. The molecule has 8 heteroatoms. The van der Waals surface area contributed by atoms with Crippen LogP contribution in [0.3, 0.4) is 0 Å². The molecule has 1 N–H and O–H groups in total. The van der Waals surface area contributed by atoms with Crippen molar-refractivity contribution in [2.24, 2.45) is 0 Å². The highest BCUT2D eigenvalue weighted by Gasteiger charge is 2.29. The van der Waals surface area contributed by atoms with Crippen LogP contribution in [0.1, 0.15) is 6.92 Å². The minimum Gasteiger partial charge on any atom is -0.492 e. The molecular weight excluding hydrogens is 428 g/mol. The Bertz CT molecular complexity index is 1110. The number of nitrogens with zero attached hydrogens (tertiary/aromatic N) is 1. The molecule has 0 aliphatic rings. The first-order valence-corrected chi connectivity index (χ1v) is 11.7. The van der Waals surface area contributed by atoms with Gasteiger partial charge >= 0.3 is 0 Å². The van der Waals surface area contributed by atoms with Crippen LogP contribution in [0.2, 0.25) is 0 Å². The van der Waals surface area contributed by atoms with Crippen LogP contribution in [0.4, 0.5) is 5.69 Å². The fraction of sp³-hybridized carbons (Fsp3) is 0.208. The van der Waals surface area contributed by atoms with Crippen LogP contribution in [0.5, 0.6) is 11.5 Å². The van der Waals surface area contributed by atoms with Gasteiger partial charge in [0.2, 0.25) is 5.91 Å². The van der Waals surface area contributed by atoms with Crippen molar-refractivity contribution in [3.8, 4) is 11.5 Å². The van der Waals surface area contributed by atoms with Gasteiger partial charge in [0.05, 0.1) is 23.7 Å². The number of nitrogens with one attached hydrogen (secondary N) is 1. The van der Waals surface area contributed by atoms with Crippen molar-refractivity contribution in [3.63, 3.8) is 0 Å². The number of anilines is 1. The minimum atomic E-state index is -4.00. The fourth-order valence-electron chi connectivity index (χ4n) is 3.02. The van der Waals surface area contributed by atoms with E-state index in [1.165, 1.54) is 12.1 Å². The van der Waals surface area contributed by atoms with Crippen LogP contribution in [0.25, 0.3) is 0 Å². The third kappa shape index (κ3) is 6.01. The molecular formula is C24H26N2O5S. The number of ether oxygens (including phenoxy) is 2. The SMILES string of the molecule is CCOc1ccccc1N(CC(=O)NCCOc1ccccc1)S(=O)(=O)c1ccccc1. The first-order valence-electron chi connectivity index (χ1n) is 10.3. The molecule has 0 fully saturated rings. The topological polar surface area (TPSA) is 84.9 Å². The van der Waals surface area contributed by atoms with Crippen molar-refractivity contribution in [2.75, 3.05) is 30.6 Å². The van der Waals surface area contributed by atoms with Crippen molar-refractivity contribution in [1.29, 1.82) is 0 Å². The normalized spacial score (nSPS) is 10.9. The molecule has 168 valence electrons. The van der Waals surface area contributed by atoms with Crippen molar-refractivity contribution in [1.82, 2.24) is 5.32 Å². The van der Waals surface area contributed by atoms with Gasteiger partial charge in [-0.25, -0.2) is 8.42 Å². The molecule has 3 aromatic carbocycles. The Balaban J connectivity index is 1.76. The molecule has 0 atom stereocenters. The van der Waals surface area contributed by atoms with E-state index in [1.807, 2.05) is 37.3 Å². The maximum atomic E-state index is 13.4. The molecule has 0 heterocycles. The Morgan fingerprint density at radius 1 is 0.875 bits per heavy atom. The smallest absolute Gasteiger partial charge is 0.264 e. The van der Waals surface area contributed by atoms with Crippen LogP contribution in [0, 0.1) is 0 Å². The summed E-state index contributed by atoms with van der Waals surface area (Å²) >= 11 is 0. The first kappa shape index (κ1) is 23.1. The quantitative estimate of drug-likeness (QED) is 0.449. The lowest BCUT2D eigenvalue weighted by Gasteiger charge is -2.26. The largest absolute Gasteiger partial charge is 0.492 e. The zero-order valence-electron chi connectivity index (χ0n) is 17.8. The molecule has 0 saturated carbocycles. The molecule has 32 heavy (non-hydrogen) atoms.